The van der Waals surface area contributed by atoms with Gasteiger partial charge in [-0.05, 0) is 55.3 Å². The van der Waals surface area contributed by atoms with Gasteiger partial charge in [0.2, 0.25) is 0 Å². The van der Waals surface area contributed by atoms with Gasteiger partial charge in [0.1, 0.15) is 18.5 Å². The molecule has 2 heterocycles. The van der Waals surface area contributed by atoms with Gasteiger partial charge in [0.05, 0.1) is 29.5 Å². The first-order valence-electron chi connectivity index (χ1n) is 12.8. The summed E-state index contributed by atoms with van der Waals surface area (Å²) in [5, 5.41) is 0.410. The van der Waals surface area contributed by atoms with Gasteiger partial charge in [0, 0.05) is 10.6 Å². The van der Waals surface area contributed by atoms with Gasteiger partial charge >= 0.3 is 5.97 Å². The molecule has 1 aliphatic rings. The summed E-state index contributed by atoms with van der Waals surface area (Å²) in [6.07, 6.45) is 1.71. The van der Waals surface area contributed by atoms with Crippen LogP contribution in [-0.4, -0.2) is 24.3 Å². The van der Waals surface area contributed by atoms with Gasteiger partial charge in [-0.2, -0.15) is 0 Å². The monoisotopic (exact) mass is 592 g/mol. The average molecular weight is 593 g/mol. The van der Waals surface area contributed by atoms with Crippen LogP contribution in [0, 0.1) is 5.82 Å². The molecule has 0 saturated carbocycles. The number of esters is 1. The van der Waals surface area contributed by atoms with E-state index in [0.29, 0.717) is 42.7 Å². The lowest BCUT2D eigenvalue weighted by atomic mass is 9.96. The highest BCUT2D eigenvalue weighted by Gasteiger charge is 2.34. The van der Waals surface area contributed by atoms with E-state index in [0.717, 1.165) is 5.56 Å². The van der Waals surface area contributed by atoms with Gasteiger partial charge in [0.15, 0.2) is 16.3 Å². The number of carbonyl (C=O) groups is 1. The normalized spacial score (nSPS) is 14.9. The molecule has 0 saturated heterocycles. The zero-order chi connectivity index (χ0) is 29.1. The van der Waals surface area contributed by atoms with Crippen LogP contribution < -0.4 is 24.4 Å². The van der Waals surface area contributed by atoms with Crippen molar-refractivity contribution in [2.45, 2.75) is 26.5 Å². The minimum absolute atomic E-state index is 0.164. The first-order chi connectivity index (χ1) is 19.8. The van der Waals surface area contributed by atoms with Gasteiger partial charge < -0.3 is 14.2 Å². The van der Waals surface area contributed by atoms with Crippen LogP contribution in [0.25, 0.3) is 6.08 Å². The first kappa shape index (κ1) is 28.3. The number of carbonyl (C=O) groups excluding carboxylic acids is 1. The molecule has 5 rings (SSSR count). The van der Waals surface area contributed by atoms with Crippen molar-refractivity contribution in [1.82, 2.24) is 4.57 Å². The van der Waals surface area contributed by atoms with E-state index in [4.69, 9.17) is 25.8 Å². The summed E-state index contributed by atoms with van der Waals surface area (Å²) >= 11 is 7.77. The van der Waals surface area contributed by atoms with E-state index >= 15 is 0 Å². The largest absolute Gasteiger partial charge is 0.493 e. The summed E-state index contributed by atoms with van der Waals surface area (Å²) in [5.74, 6) is 0.00926. The van der Waals surface area contributed by atoms with Crippen molar-refractivity contribution in [3.05, 3.63) is 125 Å². The van der Waals surface area contributed by atoms with Gasteiger partial charge in [-0.15, -0.1) is 0 Å². The van der Waals surface area contributed by atoms with Gasteiger partial charge in [-0.25, -0.2) is 14.2 Å². The van der Waals surface area contributed by atoms with E-state index in [2.05, 4.69) is 4.99 Å². The second kappa shape index (κ2) is 12.1. The van der Waals surface area contributed by atoms with Crippen molar-refractivity contribution in [3.8, 4) is 11.5 Å². The van der Waals surface area contributed by atoms with E-state index < -0.39 is 12.0 Å². The minimum Gasteiger partial charge on any atom is -0.493 e. The van der Waals surface area contributed by atoms with E-state index in [1.54, 1.807) is 68.5 Å². The number of thiazole rings is 1. The quantitative estimate of drug-likeness (QED) is 0.264. The Morgan fingerprint density at radius 3 is 2.59 bits per heavy atom. The third kappa shape index (κ3) is 5.68. The maximum absolute atomic E-state index is 14.0. The van der Waals surface area contributed by atoms with Gasteiger partial charge in [0.25, 0.3) is 5.56 Å². The van der Waals surface area contributed by atoms with E-state index in [-0.39, 0.29) is 30.2 Å². The van der Waals surface area contributed by atoms with Crippen LogP contribution in [-0.2, 0) is 16.1 Å². The number of ether oxygens (including phenoxy) is 3. The second-order valence-electron chi connectivity index (χ2n) is 9.12. The van der Waals surface area contributed by atoms with Crippen LogP contribution in [0.3, 0.4) is 0 Å². The highest BCUT2D eigenvalue weighted by Crippen LogP contribution is 2.35. The molecule has 10 heteroatoms. The third-order valence-electron chi connectivity index (χ3n) is 6.53. The van der Waals surface area contributed by atoms with Crippen molar-refractivity contribution in [3.63, 3.8) is 0 Å². The number of allylic oxidation sites excluding steroid dienone is 1. The maximum atomic E-state index is 14.0. The smallest absolute Gasteiger partial charge is 0.338 e. The number of aromatic nitrogens is 1. The average Bonchev–Trinajstić information content (AvgIpc) is 3.26. The summed E-state index contributed by atoms with van der Waals surface area (Å²) in [4.78, 5) is 32.1. The lowest BCUT2D eigenvalue weighted by molar-refractivity contribution is -0.139. The maximum Gasteiger partial charge on any atom is 0.338 e. The Kier molecular flexibility index (Phi) is 8.37. The highest BCUT2D eigenvalue weighted by atomic mass is 35.5. The Bertz CT molecular complexity index is 1830. The topological polar surface area (TPSA) is 79.1 Å². The zero-order valence-electron chi connectivity index (χ0n) is 22.5. The molecular weight excluding hydrogens is 567 g/mol. The Labute approximate surface area is 244 Å². The molecule has 0 unspecified atom stereocenters. The third-order valence-corrected chi connectivity index (χ3v) is 7.86. The molecule has 0 aliphatic carbocycles. The van der Waals surface area contributed by atoms with Crippen molar-refractivity contribution in [1.29, 1.82) is 0 Å². The standard InChI is InChI=1S/C31H26ClFN2O5S/c1-4-39-30(37)26-18(2)34-31-35(27(26)22-9-5-6-10-23(22)32)29(36)25(41-31)16-20-8-7-11-24(38-3)28(20)40-17-19-12-14-21(33)15-13-19/h5-16,27H,4,17H2,1-3H3/b25-16-/t27-/m0/s1. The molecule has 0 fully saturated rings. The summed E-state index contributed by atoms with van der Waals surface area (Å²) in [7, 11) is 1.53. The number of methoxy groups -OCH3 is 1. The van der Waals surface area contributed by atoms with Crippen molar-refractivity contribution in [2.24, 2.45) is 4.99 Å². The predicted molar refractivity (Wildman–Crippen MR) is 156 cm³/mol. The fourth-order valence-corrected chi connectivity index (χ4v) is 5.90. The Balaban J connectivity index is 1.64. The minimum atomic E-state index is -0.819. The molecule has 0 radical (unpaired) electrons. The zero-order valence-corrected chi connectivity index (χ0v) is 24.1. The summed E-state index contributed by atoms with van der Waals surface area (Å²) in [6.45, 7) is 3.77. The van der Waals surface area contributed by atoms with Crippen LogP contribution >= 0.6 is 22.9 Å². The van der Waals surface area contributed by atoms with Gasteiger partial charge in [-0.1, -0.05) is 65.4 Å². The van der Waals surface area contributed by atoms with Crippen molar-refractivity contribution >= 4 is 35.0 Å². The van der Waals surface area contributed by atoms with Crippen LogP contribution in [0.5, 0.6) is 11.5 Å². The van der Waals surface area contributed by atoms with E-state index in [1.165, 1.54) is 35.1 Å². The molecule has 41 heavy (non-hydrogen) atoms. The van der Waals surface area contributed by atoms with Crippen LogP contribution in [0.2, 0.25) is 5.02 Å². The Hall–Kier alpha value is -4.21. The van der Waals surface area contributed by atoms with Crippen molar-refractivity contribution in [2.75, 3.05) is 13.7 Å². The molecular formula is C31H26ClFN2O5S. The molecule has 0 amide bonds. The number of hydrogen-bond donors (Lipinski definition) is 0. The van der Waals surface area contributed by atoms with E-state index in [9.17, 15) is 14.0 Å². The van der Waals surface area contributed by atoms with Gasteiger partial charge in [-0.3, -0.25) is 9.36 Å². The second-order valence-corrected chi connectivity index (χ2v) is 10.5. The number of rotatable bonds is 8. The first-order valence-corrected chi connectivity index (χ1v) is 14.0. The molecule has 4 aromatic rings. The number of fused-ring (bicyclic) bond motifs is 1. The summed E-state index contributed by atoms with van der Waals surface area (Å²) in [6, 6.07) is 17.6. The fraction of sp³-hybridized carbons (Fsp3) is 0.194. The molecule has 7 nitrogen and oxygen atoms in total. The molecule has 0 bridgehead atoms. The number of benzene rings is 3. The SMILES string of the molecule is CCOC(=O)C1=C(C)N=c2s/c(=C\c3cccc(OC)c3OCc3ccc(F)cc3)c(=O)n2[C@H]1c1ccccc1Cl. The number of hydrogen-bond acceptors (Lipinski definition) is 7. The molecule has 1 atom stereocenters. The molecule has 210 valence electrons. The lowest BCUT2D eigenvalue weighted by Gasteiger charge is -2.25. The summed E-state index contributed by atoms with van der Waals surface area (Å²) < 4.78 is 32.2. The number of halogens is 2. The molecule has 1 aromatic heterocycles. The van der Waals surface area contributed by atoms with Crippen LogP contribution in [0.4, 0.5) is 4.39 Å². The number of nitrogens with zero attached hydrogens (tertiary/aromatic N) is 2. The Morgan fingerprint density at radius 2 is 1.88 bits per heavy atom. The number of para-hydroxylation sites is 1. The molecule has 1 aliphatic heterocycles. The van der Waals surface area contributed by atoms with Crippen LogP contribution in [0.1, 0.15) is 36.6 Å². The van der Waals surface area contributed by atoms with Crippen LogP contribution in [0.15, 0.2) is 87.8 Å². The molecule has 0 N–H and O–H groups in total. The predicted octanol–water partition coefficient (Wildman–Crippen LogP) is 5.18. The Morgan fingerprint density at radius 1 is 1.12 bits per heavy atom. The fourth-order valence-electron chi connectivity index (χ4n) is 4.62. The van der Waals surface area contributed by atoms with Crippen molar-refractivity contribution < 1.29 is 23.4 Å². The molecule has 0 spiro atoms. The summed E-state index contributed by atoms with van der Waals surface area (Å²) in [5.41, 5.74) is 2.32. The highest BCUT2D eigenvalue weighted by molar-refractivity contribution is 7.07. The lowest BCUT2D eigenvalue weighted by Crippen LogP contribution is -2.40. The molecule has 3 aromatic carbocycles. The van der Waals surface area contributed by atoms with E-state index in [1.807, 2.05) is 6.07 Å².